The van der Waals surface area contributed by atoms with Gasteiger partial charge in [0.25, 0.3) is 11.5 Å². The van der Waals surface area contributed by atoms with Crippen molar-refractivity contribution >= 4 is 23.1 Å². The van der Waals surface area contributed by atoms with Crippen molar-refractivity contribution < 1.29 is 9.72 Å². The number of aromatic nitrogens is 4. The van der Waals surface area contributed by atoms with E-state index in [2.05, 4.69) is 20.0 Å². The van der Waals surface area contributed by atoms with E-state index < -0.39 is 4.92 Å². The van der Waals surface area contributed by atoms with Gasteiger partial charge in [0.2, 0.25) is 5.91 Å². The lowest BCUT2D eigenvalue weighted by molar-refractivity contribution is -0.384. The Kier molecular flexibility index (Phi) is 5.30. The number of hydrogen-bond donors (Lipinski definition) is 0. The number of amides is 1. The summed E-state index contributed by atoms with van der Waals surface area (Å²) in [6.45, 7) is 6.58. The van der Waals surface area contributed by atoms with Crippen LogP contribution in [0.3, 0.4) is 0 Å². The van der Waals surface area contributed by atoms with Crippen LogP contribution in [0.15, 0.2) is 30.6 Å². The number of anilines is 1. The molecule has 10 heteroatoms. The zero-order chi connectivity index (χ0) is 21.3. The lowest BCUT2D eigenvalue weighted by Gasteiger charge is -2.36. The number of nitro groups is 1. The van der Waals surface area contributed by atoms with Gasteiger partial charge >= 0.3 is 0 Å². The number of aryl methyl sites for hydroxylation is 2. The van der Waals surface area contributed by atoms with Crippen molar-refractivity contribution in [3.63, 3.8) is 0 Å². The molecule has 0 bridgehead atoms. The van der Waals surface area contributed by atoms with Gasteiger partial charge in [-0.05, 0) is 38.0 Å². The highest BCUT2D eigenvalue weighted by atomic mass is 16.6. The fourth-order valence-corrected chi connectivity index (χ4v) is 3.91. The molecule has 0 unspecified atom stereocenters. The summed E-state index contributed by atoms with van der Waals surface area (Å²) in [5.74, 6) is 0.693. The summed E-state index contributed by atoms with van der Waals surface area (Å²) in [7, 11) is 0. The van der Waals surface area contributed by atoms with Gasteiger partial charge in [-0.15, -0.1) is 0 Å². The molecule has 1 aromatic carbocycles. The van der Waals surface area contributed by atoms with E-state index in [1.807, 2.05) is 18.7 Å². The number of benzene rings is 1. The maximum atomic E-state index is 12.7. The number of nitro benzene ring substituents is 1. The number of carbonyl (C=O) groups excluding carboxylic acids is 1. The van der Waals surface area contributed by atoms with Gasteiger partial charge in [0, 0.05) is 61.8 Å². The summed E-state index contributed by atoms with van der Waals surface area (Å²) < 4.78 is 1.70. The van der Waals surface area contributed by atoms with E-state index in [-0.39, 0.29) is 11.6 Å². The molecule has 0 atom stereocenters. The average molecular weight is 409 g/mol. The van der Waals surface area contributed by atoms with Gasteiger partial charge in [0.15, 0.2) is 0 Å². The highest BCUT2D eigenvalue weighted by Crippen LogP contribution is 2.21. The Balaban J connectivity index is 1.34. The van der Waals surface area contributed by atoms with Crippen LogP contribution in [0.1, 0.15) is 23.4 Å². The molecule has 30 heavy (non-hydrogen) atoms. The molecule has 4 rings (SSSR count). The number of carbonyl (C=O) groups is 1. The van der Waals surface area contributed by atoms with E-state index in [9.17, 15) is 14.9 Å². The maximum Gasteiger partial charge on any atom is 0.269 e. The second kappa shape index (κ2) is 8.05. The summed E-state index contributed by atoms with van der Waals surface area (Å²) in [6.07, 6.45) is 2.51. The number of non-ortho nitro benzene ring substituents is 1. The molecule has 0 aliphatic carbocycles. The molecule has 156 valence electrons. The SMILES string of the molecule is Cc1nc2ncnn2c(C)c1CCC(=O)N1CCN(c2ccc([N+](=O)[O-])cc2)CC1. The third kappa shape index (κ3) is 3.80. The second-order valence-corrected chi connectivity index (χ2v) is 7.37. The van der Waals surface area contributed by atoms with Crippen LogP contribution in [0.25, 0.3) is 5.78 Å². The number of nitrogens with zero attached hydrogens (tertiary/aromatic N) is 7. The minimum Gasteiger partial charge on any atom is -0.368 e. The molecular weight excluding hydrogens is 386 g/mol. The largest absolute Gasteiger partial charge is 0.368 e. The smallest absolute Gasteiger partial charge is 0.269 e. The van der Waals surface area contributed by atoms with Crippen LogP contribution in [0, 0.1) is 24.0 Å². The van der Waals surface area contributed by atoms with Gasteiger partial charge in [0.05, 0.1) is 4.92 Å². The maximum absolute atomic E-state index is 12.7. The average Bonchev–Trinajstić information content (AvgIpc) is 3.22. The van der Waals surface area contributed by atoms with Crippen molar-refractivity contribution in [2.75, 3.05) is 31.1 Å². The van der Waals surface area contributed by atoms with Crippen LogP contribution in [0.2, 0.25) is 0 Å². The van der Waals surface area contributed by atoms with Crippen molar-refractivity contribution in [2.45, 2.75) is 26.7 Å². The molecule has 1 aliphatic heterocycles. The highest BCUT2D eigenvalue weighted by molar-refractivity contribution is 5.77. The van der Waals surface area contributed by atoms with Crippen molar-refractivity contribution in [1.82, 2.24) is 24.5 Å². The first-order chi connectivity index (χ1) is 14.4. The molecule has 2 aromatic heterocycles. The zero-order valence-corrected chi connectivity index (χ0v) is 17.0. The number of fused-ring (bicyclic) bond motifs is 1. The molecule has 3 aromatic rings. The van der Waals surface area contributed by atoms with Crippen molar-refractivity contribution in [3.8, 4) is 0 Å². The summed E-state index contributed by atoms with van der Waals surface area (Å²) in [5, 5.41) is 15.0. The number of piperazine rings is 1. The molecule has 10 nitrogen and oxygen atoms in total. The van der Waals surface area contributed by atoms with Gasteiger partial charge in [-0.1, -0.05) is 0 Å². The zero-order valence-electron chi connectivity index (χ0n) is 17.0. The topological polar surface area (TPSA) is 110 Å². The first-order valence-corrected chi connectivity index (χ1v) is 9.87. The minimum atomic E-state index is -0.403. The fourth-order valence-electron chi connectivity index (χ4n) is 3.91. The Labute approximate surface area is 173 Å². The van der Waals surface area contributed by atoms with E-state index >= 15 is 0 Å². The summed E-state index contributed by atoms with van der Waals surface area (Å²) >= 11 is 0. The van der Waals surface area contributed by atoms with Crippen molar-refractivity contribution in [1.29, 1.82) is 0 Å². The third-order valence-electron chi connectivity index (χ3n) is 5.64. The van der Waals surface area contributed by atoms with E-state index in [1.165, 1.54) is 18.5 Å². The summed E-state index contributed by atoms with van der Waals surface area (Å²) in [6, 6.07) is 6.54. The monoisotopic (exact) mass is 409 g/mol. The molecule has 3 heterocycles. The molecule has 1 amide bonds. The van der Waals surface area contributed by atoms with Gasteiger partial charge in [-0.25, -0.2) is 9.50 Å². The Bertz CT molecular complexity index is 1090. The van der Waals surface area contributed by atoms with Gasteiger partial charge in [-0.2, -0.15) is 10.1 Å². The molecule has 1 saturated heterocycles. The predicted octanol–water partition coefficient (Wildman–Crippen LogP) is 1.93. The molecule has 0 saturated carbocycles. The molecule has 0 radical (unpaired) electrons. The van der Waals surface area contributed by atoms with Crippen LogP contribution in [0.5, 0.6) is 0 Å². The van der Waals surface area contributed by atoms with E-state index in [0.29, 0.717) is 44.8 Å². The van der Waals surface area contributed by atoms with Gasteiger partial charge < -0.3 is 9.80 Å². The van der Waals surface area contributed by atoms with Crippen molar-refractivity contribution in [2.24, 2.45) is 0 Å². The van der Waals surface area contributed by atoms with E-state index in [1.54, 1.807) is 16.6 Å². The minimum absolute atomic E-state index is 0.0803. The van der Waals surface area contributed by atoms with Crippen LogP contribution in [-0.2, 0) is 11.2 Å². The van der Waals surface area contributed by atoms with E-state index in [0.717, 1.165) is 22.6 Å². The van der Waals surface area contributed by atoms with Crippen LogP contribution in [-0.4, -0.2) is 61.5 Å². The molecular formula is C20H23N7O3. The standard InChI is InChI=1S/C20H23N7O3/c1-14-18(15(2)26-20(23-14)21-13-22-26)7-8-19(28)25-11-9-24(10-12-25)16-3-5-17(6-4-16)27(29)30/h3-6,13H,7-12H2,1-2H3. The first-order valence-electron chi connectivity index (χ1n) is 9.87. The predicted molar refractivity (Wildman–Crippen MR) is 110 cm³/mol. The summed E-state index contributed by atoms with van der Waals surface area (Å²) in [4.78, 5) is 35.8. The summed E-state index contributed by atoms with van der Waals surface area (Å²) in [5.41, 5.74) is 3.89. The van der Waals surface area contributed by atoms with Gasteiger partial charge in [0.1, 0.15) is 6.33 Å². The molecule has 0 spiro atoms. The van der Waals surface area contributed by atoms with Crippen LogP contribution < -0.4 is 4.90 Å². The van der Waals surface area contributed by atoms with E-state index in [4.69, 9.17) is 0 Å². The second-order valence-electron chi connectivity index (χ2n) is 7.37. The Morgan fingerprint density at radius 2 is 1.83 bits per heavy atom. The van der Waals surface area contributed by atoms with Crippen LogP contribution in [0.4, 0.5) is 11.4 Å². The first kappa shape index (κ1) is 19.7. The van der Waals surface area contributed by atoms with Gasteiger partial charge in [-0.3, -0.25) is 14.9 Å². The van der Waals surface area contributed by atoms with Crippen LogP contribution >= 0.6 is 0 Å². The highest BCUT2D eigenvalue weighted by Gasteiger charge is 2.22. The quantitative estimate of drug-likeness (QED) is 0.468. The number of hydrogen-bond acceptors (Lipinski definition) is 7. The molecule has 1 aliphatic rings. The fraction of sp³-hybridized carbons (Fsp3) is 0.400. The third-order valence-corrected chi connectivity index (χ3v) is 5.64. The van der Waals surface area contributed by atoms with Crippen molar-refractivity contribution in [3.05, 3.63) is 57.7 Å². The number of rotatable bonds is 5. The lowest BCUT2D eigenvalue weighted by Crippen LogP contribution is -2.48. The Morgan fingerprint density at radius 3 is 2.50 bits per heavy atom. The molecule has 1 fully saturated rings. The molecule has 0 N–H and O–H groups in total. The Hall–Kier alpha value is -3.56. The lowest BCUT2D eigenvalue weighted by atomic mass is 10.1. The normalized spacial score (nSPS) is 14.3. The Morgan fingerprint density at radius 1 is 1.13 bits per heavy atom.